The molecule has 0 atom stereocenters. The van der Waals surface area contributed by atoms with Gasteiger partial charge in [0, 0.05) is 24.7 Å². The molecule has 0 amide bonds. The number of hydrogen-bond acceptors (Lipinski definition) is 5. The number of nitrogens with two attached hydrogens (primary N) is 2. The summed E-state index contributed by atoms with van der Waals surface area (Å²) in [6.07, 6.45) is 3.83. The number of pyridine rings is 1. The Balaban J connectivity index is 1.80. The Morgan fingerprint density at radius 1 is 1.25 bits per heavy atom. The van der Waals surface area contributed by atoms with Gasteiger partial charge < -0.3 is 16.8 Å². The highest BCUT2D eigenvalue weighted by Gasteiger charge is 2.30. The third kappa shape index (κ3) is 3.55. The van der Waals surface area contributed by atoms with Gasteiger partial charge in [-0.2, -0.15) is 0 Å². The van der Waals surface area contributed by atoms with Gasteiger partial charge in [-0.25, -0.2) is 9.78 Å². The molecule has 28 heavy (non-hydrogen) atoms. The van der Waals surface area contributed by atoms with E-state index in [9.17, 15) is 4.79 Å². The van der Waals surface area contributed by atoms with Crippen LogP contribution in [0.3, 0.4) is 0 Å². The maximum atomic E-state index is 13.3. The number of anilines is 1. The predicted octanol–water partition coefficient (Wildman–Crippen LogP) is 1.84. The molecule has 0 bridgehead atoms. The zero-order valence-corrected chi connectivity index (χ0v) is 16.3. The summed E-state index contributed by atoms with van der Waals surface area (Å²) >= 11 is 0. The second kappa shape index (κ2) is 7.77. The molecule has 0 aliphatic heterocycles. The largest absolute Gasteiger partial charge is 0.383 e. The van der Waals surface area contributed by atoms with Crippen LogP contribution in [0, 0.1) is 12.8 Å². The Labute approximate surface area is 164 Å². The van der Waals surface area contributed by atoms with Crippen LogP contribution in [0.2, 0.25) is 0 Å². The lowest BCUT2D eigenvalue weighted by atomic mass is 10.1. The summed E-state index contributed by atoms with van der Waals surface area (Å²) in [5.74, 6) is 0.186. The van der Waals surface area contributed by atoms with E-state index in [2.05, 4.69) is 35.4 Å². The standard InChI is InChI=1S/C21H28N6O/c1-14-3-2-4-15(9-14)13-26-19-18(25-12-16(10-22)11-23)7-8-24-20(19)27(21(26)28)17-5-6-17/h2-4,7-9,16-17H,5-6,10-13,22-23H2,1H3,(H,24,25). The van der Waals surface area contributed by atoms with E-state index in [1.165, 1.54) is 5.56 Å². The van der Waals surface area contributed by atoms with Crippen molar-refractivity contribution in [1.82, 2.24) is 14.1 Å². The summed E-state index contributed by atoms with van der Waals surface area (Å²) < 4.78 is 3.71. The van der Waals surface area contributed by atoms with Crippen molar-refractivity contribution in [3.05, 3.63) is 58.1 Å². The van der Waals surface area contributed by atoms with Crippen LogP contribution in [0.4, 0.5) is 5.69 Å². The summed E-state index contributed by atoms with van der Waals surface area (Å²) in [5.41, 5.74) is 16.4. The summed E-state index contributed by atoms with van der Waals surface area (Å²) in [4.78, 5) is 17.8. The molecule has 0 saturated heterocycles. The van der Waals surface area contributed by atoms with Crippen molar-refractivity contribution in [3.63, 3.8) is 0 Å². The molecule has 0 radical (unpaired) electrons. The number of aromatic nitrogens is 3. The van der Waals surface area contributed by atoms with E-state index in [0.717, 1.165) is 35.3 Å². The Morgan fingerprint density at radius 3 is 2.71 bits per heavy atom. The first-order chi connectivity index (χ1) is 13.6. The molecule has 4 rings (SSSR count). The Hall–Kier alpha value is -2.64. The normalized spacial score (nSPS) is 14.1. The molecule has 3 aromatic rings. The van der Waals surface area contributed by atoms with E-state index in [1.54, 1.807) is 6.20 Å². The molecule has 1 aliphatic carbocycles. The average Bonchev–Trinajstić information content (AvgIpc) is 3.48. The third-order valence-corrected chi connectivity index (χ3v) is 5.42. The van der Waals surface area contributed by atoms with E-state index in [4.69, 9.17) is 11.5 Å². The van der Waals surface area contributed by atoms with Gasteiger partial charge in [-0.15, -0.1) is 0 Å². The van der Waals surface area contributed by atoms with Crippen LogP contribution in [0.5, 0.6) is 0 Å². The number of fused-ring (bicyclic) bond motifs is 1. The van der Waals surface area contributed by atoms with Gasteiger partial charge in [0.15, 0.2) is 5.65 Å². The van der Waals surface area contributed by atoms with Crippen LogP contribution in [0.25, 0.3) is 11.2 Å². The average molecular weight is 380 g/mol. The quantitative estimate of drug-likeness (QED) is 0.553. The smallest absolute Gasteiger partial charge is 0.330 e. The van der Waals surface area contributed by atoms with Crippen LogP contribution >= 0.6 is 0 Å². The fourth-order valence-electron chi connectivity index (χ4n) is 3.66. The van der Waals surface area contributed by atoms with Gasteiger partial charge >= 0.3 is 5.69 Å². The van der Waals surface area contributed by atoms with Gasteiger partial charge in [0.2, 0.25) is 0 Å². The molecule has 1 aromatic carbocycles. The molecular formula is C21H28N6O. The predicted molar refractivity (Wildman–Crippen MR) is 113 cm³/mol. The van der Waals surface area contributed by atoms with Gasteiger partial charge in [0.1, 0.15) is 5.52 Å². The van der Waals surface area contributed by atoms with E-state index < -0.39 is 0 Å². The SMILES string of the molecule is Cc1cccc(Cn2c(=O)n(C3CC3)c3nccc(NCC(CN)CN)c32)c1. The van der Waals surface area contributed by atoms with Crippen LogP contribution in [0.15, 0.2) is 41.3 Å². The molecule has 7 nitrogen and oxygen atoms in total. The van der Waals surface area contributed by atoms with Crippen molar-refractivity contribution in [2.45, 2.75) is 32.4 Å². The number of benzene rings is 1. The summed E-state index contributed by atoms with van der Waals surface area (Å²) in [6, 6.07) is 10.5. The fraction of sp³-hybridized carbons (Fsp3) is 0.429. The van der Waals surface area contributed by atoms with Crippen molar-refractivity contribution in [1.29, 1.82) is 0 Å². The first kappa shape index (κ1) is 18.7. The van der Waals surface area contributed by atoms with E-state index >= 15 is 0 Å². The molecule has 1 aliphatic rings. The minimum absolute atomic E-state index is 0.00922. The van der Waals surface area contributed by atoms with Crippen molar-refractivity contribution in [2.24, 2.45) is 17.4 Å². The highest BCUT2D eigenvalue weighted by Crippen LogP contribution is 2.36. The van der Waals surface area contributed by atoms with Gasteiger partial charge in [0.25, 0.3) is 0 Å². The Morgan fingerprint density at radius 2 is 2.04 bits per heavy atom. The second-order valence-electron chi connectivity index (χ2n) is 7.71. The van der Waals surface area contributed by atoms with Gasteiger partial charge in [-0.1, -0.05) is 29.8 Å². The molecule has 5 N–H and O–H groups in total. The second-order valence-corrected chi connectivity index (χ2v) is 7.71. The van der Waals surface area contributed by atoms with Crippen LogP contribution in [-0.4, -0.2) is 33.8 Å². The molecule has 148 valence electrons. The Bertz CT molecular complexity index is 1030. The zero-order chi connectivity index (χ0) is 19.7. The fourth-order valence-corrected chi connectivity index (χ4v) is 3.66. The zero-order valence-electron chi connectivity index (χ0n) is 16.3. The lowest BCUT2D eigenvalue weighted by molar-refractivity contribution is 0.579. The monoisotopic (exact) mass is 380 g/mol. The topological polar surface area (TPSA) is 104 Å². The van der Waals surface area contributed by atoms with Crippen LogP contribution in [0.1, 0.15) is 30.0 Å². The van der Waals surface area contributed by atoms with E-state index in [1.807, 2.05) is 21.3 Å². The minimum Gasteiger partial charge on any atom is -0.383 e. The maximum absolute atomic E-state index is 13.3. The number of aryl methyl sites for hydroxylation is 1. The number of rotatable bonds is 8. The van der Waals surface area contributed by atoms with Crippen LogP contribution < -0.4 is 22.5 Å². The van der Waals surface area contributed by atoms with Crippen molar-refractivity contribution < 1.29 is 0 Å². The lowest BCUT2D eigenvalue weighted by Crippen LogP contribution is -2.29. The molecule has 2 aromatic heterocycles. The molecular weight excluding hydrogens is 352 g/mol. The minimum atomic E-state index is 0.00922. The highest BCUT2D eigenvalue weighted by atomic mass is 16.2. The molecule has 2 heterocycles. The van der Waals surface area contributed by atoms with Crippen molar-refractivity contribution in [3.8, 4) is 0 Å². The van der Waals surface area contributed by atoms with E-state index in [0.29, 0.717) is 26.2 Å². The van der Waals surface area contributed by atoms with Crippen molar-refractivity contribution >= 4 is 16.9 Å². The lowest BCUT2D eigenvalue weighted by Gasteiger charge is -2.15. The van der Waals surface area contributed by atoms with Gasteiger partial charge in [0.05, 0.1) is 12.2 Å². The molecule has 0 spiro atoms. The highest BCUT2D eigenvalue weighted by molar-refractivity contribution is 5.86. The van der Waals surface area contributed by atoms with Crippen molar-refractivity contribution in [2.75, 3.05) is 25.0 Å². The molecule has 7 heteroatoms. The molecule has 0 unspecified atom stereocenters. The first-order valence-corrected chi connectivity index (χ1v) is 9.91. The van der Waals surface area contributed by atoms with Crippen LogP contribution in [-0.2, 0) is 6.54 Å². The first-order valence-electron chi connectivity index (χ1n) is 9.91. The summed E-state index contributed by atoms with van der Waals surface area (Å²) in [7, 11) is 0. The summed E-state index contributed by atoms with van der Waals surface area (Å²) in [5, 5.41) is 3.45. The van der Waals surface area contributed by atoms with Gasteiger partial charge in [-0.05, 0) is 44.5 Å². The number of nitrogens with one attached hydrogen (secondary N) is 1. The molecule has 1 fully saturated rings. The Kier molecular flexibility index (Phi) is 5.19. The molecule has 1 saturated carbocycles. The maximum Gasteiger partial charge on any atom is 0.330 e. The third-order valence-electron chi connectivity index (χ3n) is 5.42. The van der Waals surface area contributed by atoms with E-state index in [-0.39, 0.29) is 17.6 Å². The number of imidazole rings is 1. The van der Waals surface area contributed by atoms with Gasteiger partial charge in [-0.3, -0.25) is 9.13 Å². The number of nitrogens with zero attached hydrogens (tertiary/aromatic N) is 3. The summed E-state index contributed by atoms with van der Waals surface area (Å²) in [6.45, 7) is 4.30. The number of hydrogen-bond donors (Lipinski definition) is 3.